The Balaban J connectivity index is 1.60. The highest BCUT2D eigenvalue weighted by Crippen LogP contribution is 2.31. The van der Waals surface area contributed by atoms with Crippen LogP contribution in [0, 0.1) is 5.82 Å². The summed E-state index contributed by atoms with van der Waals surface area (Å²) in [5.41, 5.74) is 3.04. The number of amides is 1. The van der Waals surface area contributed by atoms with Crippen molar-refractivity contribution in [1.29, 1.82) is 0 Å². The van der Waals surface area contributed by atoms with Crippen molar-refractivity contribution >= 4 is 33.4 Å². The van der Waals surface area contributed by atoms with Crippen LogP contribution in [-0.4, -0.2) is 16.6 Å². The molecule has 0 aliphatic rings. The lowest BCUT2D eigenvalue weighted by atomic mass is 10.1. The highest BCUT2D eigenvalue weighted by atomic mass is 19.1. The fraction of sp³-hybridized carbons (Fsp3) is 0.208. The number of rotatable bonds is 6. The molecule has 29 heavy (non-hydrogen) atoms. The van der Waals surface area contributed by atoms with Crippen molar-refractivity contribution < 1.29 is 13.9 Å². The van der Waals surface area contributed by atoms with Gasteiger partial charge in [0.2, 0.25) is 0 Å². The van der Waals surface area contributed by atoms with Crippen LogP contribution in [0.3, 0.4) is 0 Å². The maximum Gasteiger partial charge on any atom is 0.265 e. The van der Waals surface area contributed by atoms with E-state index >= 15 is 0 Å². The Bertz CT molecular complexity index is 1160. The van der Waals surface area contributed by atoms with Gasteiger partial charge in [0, 0.05) is 34.0 Å². The molecule has 0 saturated heterocycles. The van der Waals surface area contributed by atoms with Crippen molar-refractivity contribution in [3.05, 3.63) is 72.5 Å². The number of carbonyl (C=O) groups is 1. The molecule has 0 unspecified atom stereocenters. The number of fused-ring (bicyclic) bond motifs is 3. The molecule has 1 heterocycles. The minimum absolute atomic E-state index is 0.226. The van der Waals surface area contributed by atoms with Crippen molar-refractivity contribution in [2.24, 2.45) is 0 Å². The van der Waals surface area contributed by atoms with Gasteiger partial charge in [-0.15, -0.1) is 0 Å². The Hall–Kier alpha value is -3.34. The maximum absolute atomic E-state index is 13.1. The molecule has 3 aromatic carbocycles. The normalized spacial score (nSPS) is 12.2. The highest BCUT2D eigenvalue weighted by Gasteiger charge is 2.19. The van der Waals surface area contributed by atoms with Crippen molar-refractivity contribution in [2.75, 3.05) is 5.32 Å². The largest absolute Gasteiger partial charge is 0.481 e. The van der Waals surface area contributed by atoms with Gasteiger partial charge >= 0.3 is 0 Å². The Kier molecular flexibility index (Phi) is 5.21. The van der Waals surface area contributed by atoms with Gasteiger partial charge in [0.25, 0.3) is 5.91 Å². The predicted octanol–water partition coefficient (Wildman–Crippen LogP) is 5.75. The SMILES string of the molecule is CC[C@H](Oc1ccc(F)cc1)C(=O)Nc1ccc2c(c1)c1ccccc1n2CC. The Morgan fingerprint density at radius 2 is 1.72 bits per heavy atom. The van der Waals surface area contributed by atoms with Crippen LogP contribution >= 0.6 is 0 Å². The fourth-order valence-electron chi connectivity index (χ4n) is 3.69. The summed E-state index contributed by atoms with van der Waals surface area (Å²) in [5.74, 6) is -0.0975. The zero-order chi connectivity index (χ0) is 20.4. The van der Waals surface area contributed by atoms with E-state index in [4.69, 9.17) is 4.74 Å². The smallest absolute Gasteiger partial charge is 0.265 e. The summed E-state index contributed by atoms with van der Waals surface area (Å²) >= 11 is 0. The molecular formula is C24H23FN2O2. The van der Waals surface area contributed by atoms with Gasteiger partial charge in [-0.05, 0) is 61.9 Å². The van der Waals surface area contributed by atoms with Crippen LogP contribution in [0.15, 0.2) is 66.7 Å². The monoisotopic (exact) mass is 390 g/mol. The van der Waals surface area contributed by atoms with Gasteiger partial charge in [-0.3, -0.25) is 4.79 Å². The van der Waals surface area contributed by atoms with Crippen LogP contribution in [-0.2, 0) is 11.3 Å². The molecule has 0 bridgehead atoms. The molecule has 1 atom stereocenters. The van der Waals surface area contributed by atoms with E-state index in [1.807, 2.05) is 37.3 Å². The molecule has 1 N–H and O–H groups in total. The number of halogens is 1. The Labute approximate surface area is 168 Å². The quantitative estimate of drug-likeness (QED) is 0.456. The predicted molar refractivity (Wildman–Crippen MR) is 115 cm³/mol. The first-order chi connectivity index (χ1) is 14.1. The number of nitrogens with one attached hydrogen (secondary N) is 1. The summed E-state index contributed by atoms with van der Waals surface area (Å²) in [5, 5.41) is 5.23. The number of aromatic nitrogens is 1. The lowest BCUT2D eigenvalue weighted by molar-refractivity contribution is -0.122. The van der Waals surface area contributed by atoms with Crippen LogP contribution in [0.5, 0.6) is 5.75 Å². The summed E-state index contributed by atoms with van der Waals surface area (Å²) in [6.07, 6.45) is -0.159. The van der Waals surface area contributed by atoms with Crippen molar-refractivity contribution in [3.8, 4) is 5.75 Å². The molecule has 5 heteroatoms. The lowest BCUT2D eigenvalue weighted by Gasteiger charge is -2.17. The van der Waals surface area contributed by atoms with Gasteiger partial charge in [0.05, 0.1) is 0 Å². The molecular weight excluding hydrogens is 367 g/mol. The van der Waals surface area contributed by atoms with Gasteiger partial charge < -0.3 is 14.6 Å². The highest BCUT2D eigenvalue weighted by molar-refractivity contribution is 6.10. The average molecular weight is 390 g/mol. The minimum atomic E-state index is -0.659. The van der Waals surface area contributed by atoms with Crippen LogP contribution in [0.25, 0.3) is 21.8 Å². The number of nitrogens with zero attached hydrogens (tertiary/aromatic N) is 1. The maximum atomic E-state index is 13.1. The van der Waals surface area contributed by atoms with Gasteiger partial charge in [0.15, 0.2) is 6.10 Å². The van der Waals surface area contributed by atoms with Gasteiger partial charge in [-0.2, -0.15) is 0 Å². The third-order valence-corrected chi connectivity index (χ3v) is 5.11. The van der Waals surface area contributed by atoms with E-state index in [-0.39, 0.29) is 11.7 Å². The topological polar surface area (TPSA) is 43.3 Å². The lowest BCUT2D eigenvalue weighted by Crippen LogP contribution is -2.32. The fourth-order valence-corrected chi connectivity index (χ4v) is 3.69. The summed E-state index contributed by atoms with van der Waals surface area (Å²) in [6, 6.07) is 19.9. The number of ether oxygens (including phenoxy) is 1. The molecule has 1 amide bonds. The number of carbonyl (C=O) groups excluding carboxylic acids is 1. The van der Waals surface area contributed by atoms with Crippen LogP contribution in [0.1, 0.15) is 20.3 Å². The summed E-state index contributed by atoms with van der Waals surface area (Å²) in [4.78, 5) is 12.8. The molecule has 0 saturated carbocycles. The van der Waals surface area contributed by atoms with E-state index in [2.05, 4.69) is 28.9 Å². The summed E-state index contributed by atoms with van der Waals surface area (Å²) in [6.45, 7) is 4.88. The van der Waals surface area contributed by atoms with Gasteiger partial charge in [-0.1, -0.05) is 25.1 Å². The number of anilines is 1. The molecule has 148 valence electrons. The second kappa shape index (κ2) is 7.95. The molecule has 0 radical (unpaired) electrons. The van der Waals surface area contributed by atoms with E-state index in [1.165, 1.54) is 29.8 Å². The molecule has 1 aromatic heterocycles. The molecule has 4 rings (SSSR count). The standard InChI is InChI=1S/C24H23FN2O2/c1-3-23(29-18-12-9-16(25)10-13-18)24(28)26-17-11-14-22-20(15-17)19-7-5-6-8-21(19)27(22)4-2/h5-15,23H,3-4H2,1-2H3,(H,26,28)/t23-/m0/s1. The van der Waals surface area contributed by atoms with E-state index in [0.717, 1.165) is 28.5 Å². The van der Waals surface area contributed by atoms with Crippen LogP contribution < -0.4 is 10.1 Å². The van der Waals surface area contributed by atoms with Crippen LogP contribution in [0.4, 0.5) is 10.1 Å². The van der Waals surface area contributed by atoms with Crippen LogP contribution in [0.2, 0.25) is 0 Å². The number of hydrogen-bond donors (Lipinski definition) is 1. The van der Waals surface area contributed by atoms with Gasteiger partial charge in [-0.25, -0.2) is 4.39 Å². The van der Waals surface area contributed by atoms with E-state index in [1.54, 1.807) is 0 Å². The Morgan fingerprint density at radius 1 is 1.00 bits per heavy atom. The van der Waals surface area contributed by atoms with Crippen molar-refractivity contribution in [1.82, 2.24) is 4.57 Å². The molecule has 4 aromatic rings. The number of para-hydroxylation sites is 1. The van der Waals surface area contributed by atoms with Crippen molar-refractivity contribution in [2.45, 2.75) is 32.9 Å². The molecule has 0 aliphatic heterocycles. The van der Waals surface area contributed by atoms with Gasteiger partial charge in [0.1, 0.15) is 11.6 Å². The molecule has 4 nitrogen and oxygen atoms in total. The Morgan fingerprint density at radius 3 is 2.45 bits per heavy atom. The summed E-state index contributed by atoms with van der Waals surface area (Å²) < 4.78 is 21.1. The molecule has 0 fully saturated rings. The third-order valence-electron chi connectivity index (χ3n) is 5.11. The molecule has 0 aliphatic carbocycles. The minimum Gasteiger partial charge on any atom is -0.481 e. The number of benzene rings is 3. The summed E-state index contributed by atoms with van der Waals surface area (Å²) in [7, 11) is 0. The number of aryl methyl sites for hydroxylation is 1. The first kappa shape index (κ1) is 19.0. The second-order valence-electron chi connectivity index (χ2n) is 6.95. The van der Waals surface area contributed by atoms with E-state index in [0.29, 0.717) is 12.2 Å². The zero-order valence-corrected chi connectivity index (χ0v) is 16.5. The average Bonchev–Trinajstić information content (AvgIpc) is 3.06. The van der Waals surface area contributed by atoms with E-state index < -0.39 is 6.10 Å². The first-order valence-electron chi connectivity index (χ1n) is 9.84. The first-order valence-corrected chi connectivity index (χ1v) is 9.84. The number of hydrogen-bond acceptors (Lipinski definition) is 2. The zero-order valence-electron chi connectivity index (χ0n) is 16.5. The van der Waals surface area contributed by atoms with Crippen molar-refractivity contribution in [3.63, 3.8) is 0 Å². The second-order valence-corrected chi connectivity index (χ2v) is 6.95. The third kappa shape index (κ3) is 3.68. The van der Waals surface area contributed by atoms with E-state index in [9.17, 15) is 9.18 Å². The molecule has 0 spiro atoms.